The number of nitrogens with zero attached hydrogens (tertiary/aromatic N) is 1. The van der Waals surface area contributed by atoms with Crippen LogP contribution in [0.4, 0.5) is 11.4 Å². The minimum absolute atomic E-state index is 0.0595. The average molecular weight is 324 g/mol. The number of hydrogen-bond donors (Lipinski definition) is 1. The molecule has 2 atom stereocenters. The molecule has 0 saturated heterocycles. The Morgan fingerprint density at radius 1 is 1.04 bits per heavy atom. The number of nitrogens with one attached hydrogen (secondary N) is 1. The molecule has 0 bridgehead atoms. The van der Waals surface area contributed by atoms with Gasteiger partial charge in [-0.05, 0) is 25.0 Å². The minimum Gasteiger partial charge on any atom is -0.377 e. The summed E-state index contributed by atoms with van der Waals surface area (Å²) in [5, 5.41) is 14.8. The molecule has 0 heterocycles. The average Bonchev–Trinajstić information content (AvgIpc) is 2.61. The molecule has 0 spiro atoms. The van der Waals surface area contributed by atoms with Gasteiger partial charge in [0.1, 0.15) is 5.78 Å². The van der Waals surface area contributed by atoms with Crippen LogP contribution in [0.2, 0.25) is 0 Å². The van der Waals surface area contributed by atoms with E-state index in [2.05, 4.69) is 5.32 Å². The Labute approximate surface area is 140 Å². The molecule has 0 amide bonds. The van der Waals surface area contributed by atoms with Crippen molar-refractivity contribution in [1.29, 1.82) is 0 Å². The maximum Gasteiger partial charge on any atom is 0.274 e. The predicted molar refractivity (Wildman–Crippen MR) is 92.9 cm³/mol. The highest BCUT2D eigenvalue weighted by molar-refractivity contribution is 5.83. The summed E-state index contributed by atoms with van der Waals surface area (Å²) in [6, 6.07) is 15.9. The van der Waals surface area contributed by atoms with Gasteiger partial charge in [0.25, 0.3) is 5.69 Å². The number of carbonyl (C=O) groups excluding carboxylic acids is 1. The lowest BCUT2D eigenvalue weighted by atomic mass is 9.79. The molecule has 2 unspecified atom stereocenters. The zero-order chi connectivity index (χ0) is 16.9. The second kappa shape index (κ2) is 7.25. The molecular formula is C19H20N2O3. The summed E-state index contributed by atoms with van der Waals surface area (Å²) >= 11 is 0. The van der Waals surface area contributed by atoms with E-state index < -0.39 is 0 Å². The molecule has 0 aromatic heterocycles. The van der Waals surface area contributed by atoms with Gasteiger partial charge in [-0.2, -0.15) is 0 Å². The molecule has 3 rings (SSSR count). The van der Waals surface area contributed by atoms with Crippen molar-refractivity contribution in [2.45, 2.75) is 31.7 Å². The molecule has 124 valence electrons. The number of rotatable bonds is 5. The van der Waals surface area contributed by atoms with Crippen LogP contribution in [-0.2, 0) is 4.79 Å². The van der Waals surface area contributed by atoms with Crippen LogP contribution in [0.5, 0.6) is 0 Å². The minimum atomic E-state index is -0.387. The van der Waals surface area contributed by atoms with Crippen LogP contribution in [0.1, 0.15) is 37.3 Å². The van der Waals surface area contributed by atoms with E-state index in [0.29, 0.717) is 12.0 Å². The van der Waals surface area contributed by atoms with Crippen LogP contribution in [-0.4, -0.2) is 10.7 Å². The Balaban J connectivity index is 2.01. The zero-order valence-corrected chi connectivity index (χ0v) is 13.4. The SMILES string of the molecule is O=C1CCCCC1C(Nc1ccccc1)c1ccccc1[N+](=O)[O-]. The Kier molecular flexibility index (Phi) is 4.89. The molecule has 5 nitrogen and oxygen atoms in total. The first-order valence-electron chi connectivity index (χ1n) is 8.24. The van der Waals surface area contributed by atoms with Crippen LogP contribution in [0.15, 0.2) is 54.6 Å². The molecule has 1 N–H and O–H groups in total. The fourth-order valence-electron chi connectivity index (χ4n) is 3.39. The van der Waals surface area contributed by atoms with Gasteiger partial charge in [0, 0.05) is 24.1 Å². The molecule has 1 fully saturated rings. The van der Waals surface area contributed by atoms with Crippen LogP contribution in [0, 0.1) is 16.0 Å². The number of carbonyl (C=O) groups is 1. The normalized spacial score (nSPS) is 18.8. The second-order valence-corrected chi connectivity index (χ2v) is 6.12. The summed E-state index contributed by atoms with van der Waals surface area (Å²) < 4.78 is 0. The van der Waals surface area contributed by atoms with Gasteiger partial charge < -0.3 is 5.32 Å². The van der Waals surface area contributed by atoms with E-state index in [-0.39, 0.29) is 28.4 Å². The number of ketones is 1. The van der Waals surface area contributed by atoms with Gasteiger partial charge in [-0.15, -0.1) is 0 Å². The van der Waals surface area contributed by atoms with Gasteiger partial charge in [0.15, 0.2) is 0 Å². The lowest BCUT2D eigenvalue weighted by molar-refractivity contribution is -0.385. The lowest BCUT2D eigenvalue weighted by Crippen LogP contribution is -2.30. The number of nitro groups is 1. The van der Waals surface area contributed by atoms with Crippen molar-refractivity contribution < 1.29 is 9.72 Å². The van der Waals surface area contributed by atoms with Crippen molar-refractivity contribution in [3.05, 3.63) is 70.3 Å². The van der Waals surface area contributed by atoms with E-state index in [9.17, 15) is 14.9 Å². The zero-order valence-electron chi connectivity index (χ0n) is 13.4. The van der Waals surface area contributed by atoms with Gasteiger partial charge in [0.2, 0.25) is 0 Å². The number of anilines is 1. The third-order valence-electron chi connectivity index (χ3n) is 4.57. The van der Waals surface area contributed by atoms with Gasteiger partial charge in [0.05, 0.1) is 16.5 Å². The van der Waals surface area contributed by atoms with Gasteiger partial charge >= 0.3 is 0 Å². The number of para-hydroxylation sites is 2. The third kappa shape index (κ3) is 3.45. The summed E-state index contributed by atoms with van der Waals surface area (Å²) in [7, 11) is 0. The summed E-state index contributed by atoms with van der Waals surface area (Å²) in [4.78, 5) is 23.5. The fourth-order valence-corrected chi connectivity index (χ4v) is 3.39. The van der Waals surface area contributed by atoms with Gasteiger partial charge in [-0.1, -0.05) is 42.8 Å². The van der Waals surface area contributed by atoms with E-state index >= 15 is 0 Å². The first-order valence-corrected chi connectivity index (χ1v) is 8.24. The Morgan fingerprint density at radius 3 is 2.46 bits per heavy atom. The Morgan fingerprint density at radius 2 is 1.75 bits per heavy atom. The smallest absolute Gasteiger partial charge is 0.274 e. The summed E-state index contributed by atoms with van der Waals surface area (Å²) in [6.07, 6.45) is 3.20. The van der Waals surface area contributed by atoms with E-state index in [4.69, 9.17) is 0 Å². The topological polar surface area (TPSA) is 72.2 Å². The molecule has 5 heteroatoms. The van der Waals surface area contributed by atoms with Crippen LogP contribution < -0.4 is 5.32 Å². The van der Waals surface area contributed by atoms with Crippen LogP contribution in [0.25, 0.3) is 0 Å². The molecule has 2 aromatic carbocycles. The first-order chi connectivity index (χ1) is 11.7. The van der Waals surface area contributed by atoms with Gasteiger partial charge in [-0.25, -0.2) is 0 Å². The number of nitro benzene ring substituents is 1. The van der Waals surface area contributed by atoms with E-state index in [1.165, 1.54) is 6.07 Å². The highest BCUT2D eigenvalue weighted by Crippen LogP contribution is 2.38. The molecule has 24 heavy (non-hydrogen) atoms. The van der Waals surface area contributed by atoms with E-state index in [1.54, 1.807) is 18.2 Å². The highest BCUT2D eigenvalue weighted by atomic mass is 16.6. The molecule has 2 aromatic rings. The summed E-state index contributed by atoms with van der Waals surface area (Å²) in [5.41, 5.74) is 1.50. The Hall–Kier alpha value is -2.69. The molecule has 1 aliphatic carbocycles. The molecular weight excluding hydrogens is 304 g/mol. The molecule has 0 radical (unpaired) electrons. The lowest BCUT2D eigenvalue weighted by Gasteiger charge is -2.30. The maximum absolute atomic E-state index is 12.5. The van der Waals surface area contributed by atoms with Crippen molar-refractivity contribution in [1.82, 2.24) is 0 Å². The van der Waals surface area contributed by atoms with Crippen molar-refractivity contribution >= 4 is 17.2 Å². The molecule has 1 aliphatic rings. The largest absolute Gasteiger partial charge is 0.377 e. The van der Waals surface area contributed by atoms with Crippen molar-refractivity contribution in [2.24, 2.45) is 5.92 Å². The quantitative estimate of drug-likeness (QED) is 0.649. The number of hydrogen-bond acceptors (Lipinski definition) is 4. The van der Waals surface area contributed by atoms with Crippen LogP contribution in [0.3, 0.4) is 0 Å². The fraction of sp³-hybridized carbons (Fsp3) is 0.316. The second-order valence-electron chi connectivity index (χ2n) is 6.12. The standard InChI is InChI=1S/C19H20N2O3/c22-18-13-7-5-11-16(18)19(20-14-8-2-1-3-9-14)15-10-4-6-12-17(15)21(23)24/h1-4,6,8-10,12,16,19-20H,5,7,11,13H2. The Bertz CT molecular complexity index is 730. The predicted octanol–water partition coefficient (Wildman–Crippen LogP) is 4.51. The molecule has 1 saturated carbocycles. The van der Waals surface area contributed by atoms with Crippen molar-refractivity contribution in [3.63, 3.8) is 0 Å². The first kappa shape index (κ1) is 16.2. The van der Waals surface area contributed by atoms with E-state index in [0.717, 1.165) is 24.9 Å². The summed E-state index contributed by atoms with van der Waals surface area (Å²) in [5.74, 6) is -0.0483. The maximum atomic E-state index is 12.5. The monoisotopic (exact) mass is 324 g/mol. The number of benzene rings is 2. The number of Topliss-reactive ketones (excluding diaryl/α,β-unsaturated/α-hetero) is 1. The van der Waals surface area contributed by atoms with E-state index in [1.807, 2.05) is 30.3 Å². The van der Waals surface area contributed by atoms with Crippen LogP contribution >= 0.6 is 0 Å². The summed E-state index contributed by atoms with van der Waals surface area (Å²) in [6.45, 7) is 0. The highest BCUT2D eigenvalue weighted by Gasteiger charge is 2.34. The van der Waals surface area contributed by atoms with Gasteiger partial charge in [-0.3, -0.25) is 14.9 Å². The van der Waals surface area contributed by atoms with Crippen molar-refractivity contribution in [2.75, 3.05) is 5.32 Å². The van der Waals surface area contributed by atoms with Crippen molar-refractivity contribution in [3.8, 4) is 0 Å². The molecule has 0 aliphatic heterocycles. The third-order valence-corrected chi connectivity index (χ3v) is 4.57.